The summed E-state index contributed by atoms with van der Waals surface area (Å²) in [6.07, 6.45) is -3.26. The van der Waals surface area contributed by atoms with E-state index in [9.17, 15) is 37.5 Å². The van der Waals surface area contributed by atoms with E-state index in [0.717, 1.165) is 5.56 Å². The number of alkyl halides is 3. The van der Waals surface area contributed by atoms with Crippen molar-refractivity contribution < 1.29 is 46.9 Å². The predicted molar refractivity (Wildman–Crippen MR) is 184 cm³/mol. The average Bonchev–Trinajstić information content (AvgIpc) is 3.91. The summed E-state index contributed by atoms with van der Waals surface area (Å²) in [7, 11) is 1.46. The molecule has 278 valence electrons. The first-order valence-corrected chi connectivity index (χ1v) is 16.2. The van der Waals surface area contributed by atoms with Crippen molar-refractivity contribution in [2.45, 2.75) is 37.1 Å². The zero-order valence-corrected chi connectivity index (χ0v) is 28.5. The summed E-state index contributed by atoms with van der Waals surface area (Å²) in [5.41, 5.74) is 1.25. The molecule has 1 fully saturated rings. The van der Waals surface area contributed by atoms with E-state index < -0.39 is 60.6 Å². The number of methoxy groups -OCH3 is 1. The number of carbonyl (C=O) groups is 4. The van der Waals surface area contributed by atoms with Gasteiger partial charge in [0.2, 0.25) is 11.9 Å². The van der Waals surface area contributed by atoms with Gasteiger partial charge in [-0.1, -0.05) is 41.9 Å². The molecule has 15 nitrogen and oxygen atoms in total. The normalized spacial score (nSPS) is 13.5. The van der Waals surface area contributed by atoms with E-state index in [4.69, 9.17) is 21.1 Å². The van der Waals surface area contributed by atoms with Crippen LogP contribution in [0.5, 0.6) is 11.8 Å². The number of aliphatic carboxylic acids is 1. The summed E-state index contributed by atoms with van der Waals surface area (Å²) in [6, 6.07) is 17.2. The van der Waals surface area contributed by atoms with Gasteiger partial charge in [0.15, 0.2) is 6.61 Å². The molecule has 0 radical (unpaired) electrons. The number of halogens is 4. The minimum absolute atomic E-state index is 0.0218. The third-order valence-electron chi connectivity index (χ3n) is 7.79. The molecule has 6 N–H and O–H groups in total. The van der Waals surface area contributed by atoms with Crippen LogP contribution in [0.15, 0.2) is 72.8 Å². The van der Waals surface area contributed by atoms with E-state index >= 15 is 0 Å². The third kappa shape index (κ3) is 10.7. The van der Waals surface area contributed by atoms with Crippen molar-refractivity contribution >= 4 is 52.9 Å². The molecule has 0 unspecified atom stereocenters. The van der Waals surface area contributed by atoms with Crippen molar-refractivity contribution in [3.8, 4) is 11.8 Å². The zero-order chi connectivity index (χ0) is 38.2. The van der Waals surface area contributed by atoms with E-state index in [-0.39, 0.29) is 24.0 Å². The lowest BCUT2D eigenvalue weighted by Gasteiger charge is -2.19. The molecule has 1 aromatic heterocycles. The molecule has 1 heterocycles. The van der Waals surface area contributed by atoms with Crippen LogP contribution >= 0.6 is 11.6 Å². The average molecular weight is 757 g/mol. The number of hydrogen-bond acceptors (Lipinski definition) is 11. The van der Waals surface area contributed by atoms with Crippen LogP contribution in [-0.4, -0.2) is 76.2 Å². The van der Waals surface area contributed by atoms with Gasteiger partial charge in [-0.2, -0.15) is 28.1 Å². The highest BCUT2D eigenvalue weighted by Gasteiger charge is 2.45. The maximum absolute atomic E-state index is 12.9. The van der Waals surface area contributed by atoms with Crippen LogP contribution in [0.25, 0.3) is 0 Å². The van der Waals surface area contributed by atoms with Crippen LogP contribution in [-0.2, 0) is 26.5 Å². The summed E-state index contributed by atoms with van der Waals surface area (Å²) in [5.74, 6) is -4.15. The Morgan fingerprint density at radius 3 is 2.21 bits per heavy atom. The number of carboxylic acids is 1. The quantitative estimate of drug-likeness (QED) is 0.0955. The van der Waals surface area contributed by atoms with Gasteiger partial charge in [-0.15, -0.1) is 0 Å². The predicted octanol–water partition coefficient (Wildman–Crippen LogP) is 3.94. The van der Waals surface area contributed by atoms with E-state index in [1.165, 1.54) is 31.4 Å². The topological polar surface area (TPSA) is 206 Å². The highest BCUT2D eigenvalue weighted by atomic mass is 35.5. The SMILES string of the molecule is COc1ccccc1CNC(=O)C(=O)NC[C@H](NC(=O)c1ccc(Nc2nc(NC3(c4ccc(Cl)cc4)CC3)nc(OCC(F)(F)F)n2)cc1)C(=O)O. The minimum Gasteiger partial charge on any atom is -0.496 e. The van der Waals surface area contributed by atoms with Crippen LogP contribution in [0.2, 0.25) is 5.02 Å². The van der Waals surface area contributed by atoms with E-state index in [1.807, 2.05) is 12.1 Å². The van der Waals surface area contributed by atoms with Gasteiger partial charge in [-0.05, 0) is 60.9 Å². The van der Waals surface area contributed by atoms with Crippen molar-refractivity contribution in [3.05, 3.63) is 94.5 Å². The Bertz CT molecular complexity index is 1960. The molecule has 3 aromatic carbocycles. The summed E-state index contributed by atoms with van der Waals surface area (Å²) in [5, 5.41) is 23.0. The first-order valence-electron chi connectivity index (χ1n) is 15.8. The number of rotatable bonds is 15. The van der Waals surface area contributed by atoms with Gasteiger partial charge in [0, 0.05) is 34.9 Å². The van der Waals surface area contributed by atoms with Crippen molar-refractivity contribution in [3.63, 3.8) is 0 Å². The molecule has 1 aliphatic carbocycles. The lowest BCUT2D eigenvalue weighted by Crippen LogP contribution is -2.50. The zero-order valence-electron chi connectivity index (χ0n) is 27.8. The van der Waals surface area contributed by atoms with Gasteiger partial charge in [0.1, 0.15) is 11.8 Å². The summed E-state index contributed by atoms with van der Waals surface area (Å²) >= 11 is 6.01. The van der Waals surface area contributed by atoms with E-state index in [1.54, 1.807) is 36.4 Å². The first kappa shape index (κ1) is 38.1. The molecule has 3 amide bonds. The molecule has 53 heavy (non-hydrogen) atoms. The van der Waals surface area contributed by atoms with Crippen molar-refractivity contribution in [2.24, 2.45) is 0 Å². The maximum Gasteiger partial charge on any atom is 0.422 e. The Hall–Kier alpha value is -6.17. The molecule has 1 aliphatic rings. The van der Waals surface area contributed by atoms with E-state index in [2.05, 4.69) is 41.5 Å². The number of benzene rings is 3. The molecule has 0 saturated heterocycles. The fourth-order valence-electron chi connectivity index (χ4n) is 4.93. The highest BCUT2D eigenvalue weighted by Crippen LogP contribution is 2.48. The number of amides is 3. The molecule has 1 atom stereocenters. The Morgan fingerprint density at radius 1 is 0.906 bits per heavy atom. The lowest BCUT2D eigenvalue weighted by atomic mass is 10.1. The van der Waals surface area contributed by atoms with Gasteiger partial charge in [-0.25, -0.2) is 4.79 Å². The molecule has 1 saturated carbocycles. The van der Waals surface area contributed by atoms with E-state index in [0.29, 0.717) is 34.9 Å². The second-order valence-corrected chi connectivity index (χ2v) is 12.1. The number of para-hydroxylation sites is 1. The van der Waals surface area contributed by atoms with Crippen LogP contribution < -0.4 is 36.1 Å². The fraction of sp³-hybridized carbons (Fsp3) is 0.265. The van der Waals surface area contributed by atoms with Crippen LogP contribution in [0.3, 0.4) is 0 Å². The molecular formula is C34H32ClF3N8O7. The molecular weight excluding hydrogens is 725 g/mol. The largest absolute Gasteiger partial charge is 0.496 e. The van der Waals surface area contributed by atoms with Gasteiger partial charge in [-0.3, -0.25) is 14.4 Å². The van der Waals surface area contributed by atoms with Gasteiger partial charge in [0.25, 0.3) is 5.91 Å². The molecule has 5 rings (SSSR count). The second kappa shape index (κ2) is 16.4. The Kier molecular flexibility index (Phi) is 11.8. The standard InChI is InChI=1S/C34H32ClF3N8O7/c1-52-25-5-3-2-4-20(25)16-39-27(48)28(49)40-17-24(29(50)51)42-26(47)19-6-12-23(13-7-19)41-30-43-31(45-32(44-30)53-18-34(36,37)38)46-33(14-15-33)21-8-10-22(35)11-9-21/h2-13,24H,14-18H2,1H3,(H,39,48)(H,40,49)(H,42,47)(H,50,51)(H2,41,43,44,45,46)/t24-/m0/s1. The summed E-state index contributed by atoms with van der Waals surface area (Å²) in [4.78, 5) is 61.6. The van der Waals surface area contributed by atoms with Crippen molar-refractivity contribution in [1.82, 2.24) is 30.9 Å². The van der Waals surface area contributed by atoms with Crippen molar-refractivity contribution in [1.29, 1.82) is 0 Å². The van der Waals surface area contributed by atoms with Gasteiger partial charge >= 0.3 is 30.0 Å². The van der Waals surface area contributed by atoms with Crippen LogP contribution in [0.4, 0.5) is 30.8 Å². The monoisotopic (exact) mass is 756 g/mol. The summed E-state index contributed by atoms with van der Waals surface area (Å²) < 4.78 is 48.8. The fourth-order valence-corrected chi connectivity index (χ4v) is 5.05. The Balaban J connectivity index is 1.20. The van der Waals surface area contributed by atoms with Gasteiger partial charge in [0.05, 0.1) is 12.6 Å². The van der Waals surface area contributed by atoms with Crippen LogP contribution in [0, 0.1) is 0 Å². The lowest BCUT2D eigenvalue weighted by molar-refractivity contribution is -0.154. The molecule has 4 aromatic rings. The number of aromatic nitrogens is 3. The minimum atomic E-state index is -4.65. The number of carbonyl (C=O) groups excluding carboxylic acids is 3. The number of hydrogen-bond donors (Lipinski definition) is 6. The summed E-state index contributed by atoms with van der Waals surface area (Å²) in [6.45, 7) is -2.26. The second-order valence-electron chi connectivity index (χ2n) is 11.7. The molecule has 0 bridgehead atoms. The van der Waals surface area contributed by atoms with Crippen molar-refractivity contribution in [2.75, 3.05) is 30.9 Å². The molecule has 0 spiro atoms. The third-order valence-corrected chi connectivity index (χ3v) is 8.04. The Labute approximate surface area is 304 Å². The Morgan fingerprint density at radius 2 is 1.57 bits per heavy atom. The van der Waals surface area contributed by atoms with Crippen LogP contribution in [0.1, 0.15) is 34.3 Å². The highest BCUT2D eigenvalue weighted by molar-refractivity contribution is 6.35. The first-order chi connectivity index (χ1) is 25.2. The molecule has 0 aliphatic heterocycles. The number of anilines is 3. The maximum atomic E-state index is 12.9. The molecule has 19 heteroatoms. The number of nitrogens with one attached hydrogen (secondary N) is 5. The smallest absolute Gasteiger partial charge is 0.422 e. The number of nitrogens with zero attached hydrogens (tertiary/aromatic N) is 3. The number of ether oxygens (including phenoxy) is 2. The van der Waals surface area contributed by atoms with Gasteiger partial charge < -0.3 is 41.2 Å². The number of carboxylic acid groups (broad SMARTS) is 1.